The molecule has 20 heavy (non-hydrogen) atoms. The second kappa shape index (κ2) is 6.72. The highest BCUT2D eigenvalue weighted by Gasteiger charge is 2.39. The molecule has 0 saturated carbocycles. The zero-order valence-electron chi connectivity index (χ0n) is 12.0. The molecule has 2 unspecified atom stereocenters. The Bertz CT molecular complexity index is 464. The van der Waals surface area contributed by atoms with Crippen molar-refractivity contribution in [1.82, 2.24) is 4.90 Å². The summed E-state index contributed by atoms with van der Waals surface area (Å²) in [7, 11) is 3.30. The number of hydrogen-bond acceptors (Lipinski definition) is 4. The Balaban J connectivity index is 2.23. The van der Waals surface area contributed by atoms with Gasteiger partial charge in [-0.15, -0.1) is 0 Å². The number of nitrogens with zero attached hydrogens (tertiary/aromatic N) is 1. The molecule has 0 radical (unpaired) electrons. The van der Waals surface area contributed by atoms with Gasteiger partial charge in [-0.2, -0.15) is 0 Å². The fourth-order valence-corrected chi connectivity index (χ4v) is 2.77. The normalized spacial score (nSPS) is 22.4. The minimum absolute atomic E-state index is 0.101. The molecule has 0 bridgehead atoms. The average molecular weight is 278 g/mol. The van der Waals surface area contributed by atoms with E-state index in [1.165, 1.54) is 0 Å². The Kier molecular flexibility index (Phi) is 4.98. The summed E-state index contributed by atoms with van der Waals surface area (Å²) < 4.78 is 10.5. The summed E-state index contributed by atoms with van der Waals surface area (Å²) in [5, 5.41) is 0. The van der Waals surface area contributed by atoms with Gasteiger partial charge in [0.05, 0.1) is 13.2 Å². The first-order chi connectivity index (χ1) is 9.69. The Labute approximate surface area is 119 Å². The van der Waals surface area contributed by atoms with Crippen LogP contribution in [0.4, 0.5) is 0 Å². The van der Waals surface area contributed by atoms with Crippen molar-refractivity contribution in [3.05, 3.63) is 29.8 Å². The lowest BCUT2D eigenvalue weighted by Crippen LogP contribution is -2.34. The van der Waals surface area contributed by atoms with Gasteiger partial charge in [0.15, 0.2) is 0 Å². The van der Waals surface area contributed by atoms with Crippen LogP contribution >= 0.6 is 0 Å². The van der Waals surface area contributed by atoms with E-state index in [2.05, 4.69) is 0 Å². The summed E-state index contributed by atoms with van der Waals surface area (Å²) in [5.74, 6) is 0.879. The summed E-state index contributed by atoms with van der Waals surface area (Å²) in [6.45, 7) is 1.29. The summed E-state index contributed by atoms with van der Waals surface area (Å²) in [6, 6.07) is 7.43. The molecule has 5 heteroatoms. The van der Waals surface area contributed by atoms with Crippen LogP contribution in [0.2, 0.25) is 0 Å². The van der Waals surface area contributed by atoms with Gasteiger partial charge >= 0.3 is 0 Å². The lowest BCUT2D eigenvalue weighted by atomic mass is 9.99. The summed E-state index contributed by atoms with van der Waals surface area (Å²) in [6.07, 6.45) is 1.19. The van der Waals surface area contributed by atoms with Gasteiger partial charge in [-0.25, -0.2) is 0 Å². The fraction of sp³-hybridized carbons (Fsp3) is 0.533. The van der Waals surface area contributed by atoms with Gasteiger partial charge in [0.2, 0.25) is 5.91 Å². The van der Waals surface area contributed by atoms with Crippen molar-refractivity contribution in [2.24, 2.45) is 5.73 Å². The molecule has 5 nitrogen and oxygen atoms in total. The lowest BCUT2D eigenvalue weighted by molar-refractivity contribution is -0.129. The first kappa shape index (κ1) is 14.8. The number of para-hydroxylation sites is 1. The Morgan fingerprint density at radius 3 is 2.80 bits per heavy atom. The van der Waals surface area contributed by atoms with E-state index in [4.69, 9.17) is 15.2 Å². The predicted octanol–water partition coefficient (Wildman–Crippen LogP) is 1.33. The van der Waals surface area contributed by atoms with E-state index in [-0.39, 0.29) is 18.0 Å². The maximum atomic E-state index is 12.1. The number of carbonyl (C=O) groups is 1. The van der Waals surface area contributed by atoms with Crippen LogP contribution in [-0.2, 0) is 9.53 Å². The predicted molar refractivity (Wildman–Crippen MR) is 76.5 cm³/mol. The van der Waals surface area contributed by atoms with Gasteiger partial charge in [0.1, 0.15) is 5.75 Å². The first-order valence-electron chi connectivity index (χ1n) is 6.86. The number of nitrogens with two attached hydrogens (primary N) is 1. The van der Waals surface area contributed by atoms with Crippen molar-refractivity contribution in [2.45, 2.75) is 24.9 Å². The summed E-state index contributed by atoms with van der Waals surface area (Å²) >= 11 is 0. The van der Waals surface area contributed by atoms with Crippen LogP contribution in [0.25, 0.3) is 0 Å². The van der Waals surface area contributed by atoms with Crippen LogP contribution in [0.5, 0.6) is 5.75 Å². The smallest absolute Gasteiger partial charge is 0.224 e. The Morgan fingerprint density at radius 2 is 2.10 bits per heavy atom. The van der Waals surface area contributed by atoms with Crippen molar-refractivity contribution in [3.8, 4) is 5.75 Å². The monoisotopic (exact) mass is 278 g/mol. The number of rotatable bonds is 6. The van der Waals surface area contributed by atoms with Crippen molar-refractivity contribution in [3.63, 3.8) is 0 Å². The zero-order valence-corrected chi connectivity index (χ0v) is 12.0. The molecule has 1 amide bonds. The molecule has 1 aliphatic heterocycles. The van der Waals surface area contributed by atoms with Crippen molar-refractivity contribution in [1.29, 1.82) is 0 Å². The molecule has 1 saturated heterocycles. The number of methoxy groups -OCH3 is 2. The zero-order chi connectivity index (χ0) is 14.5. The van der Waals surface area contributed by atoms with Crippen LogP contribution in [-0.4, -0.2) is 44.2 Å². The van der Waals surface area contributed by atoms with E-state index in [9.17, 15) is 4.79 Å². The van der Waals surface area contributed by atoms with E-state index in [0.717, 1.165) is 17.7 Å². The maximum Gasteiger partial charge on any atom is 0.224 e. The quantitative estimate of drug-likeness (QED) is 0.797. The molecular formula is C15H22N2O3. The number of benzene rings is 1. The molecule has 1 aromatic carbocycles. The topological polar surface area (TPSA) is 64.8 Å². The molecule has 2 atom stereocenters. The van der Waals surface area contributed by atoms with Gasteiger partial charge in [0, 0.05) is 38.3 Å². The molecule has 2 rings (SSSR count). The molecule has 1 fully saturated rings. The van der Waals surface area contributed by atoms with Crippen LogP contribution in [0.3, 0.4) is 0 Å². The molecule has 110 valence electrons. The standard InChI is InChI=1S/C15H22N2O3/c1-19-9-5-8-17-14(18)10-12(16)15(17)11-6-3-4-7-13(11)20-2/h3-4,6-7,12,15H,5,8-10,16H2,1-2H3. The van der Waals surface area contributed by atoms with Crippen LogP contribution in [0.15, 0.2) is 24.3 Å². The van der Waals surface area contributed by atoms with E-state index in [1.54, 1.807) is 14.2 Å². The molecule has 0 aliphatic carbocycles. The van der Waals surface area contributed by atoms with E-state index in [0.29, 0.717) is 19.6 Å². The van der Waals surface area contributed by atoms with Crippen molar-refractivity contribution >= 4 is 5.91 Å². The Hall–Kier alpha value is -1.59. The molecular weight excluding hydrogens is 256 g/mol. The highest BCUT2D eigenvalue weighted by Crippen LogP contribution is 2.36. The van der Waals surface area contributed by atoms with Crippen molar-refractivity contribution in [2.75, 3.05) is 27.4 Å². The van der Waals surface area contributed by atoms with Gasteiger partial charge in [-0.1, -0.05) is 18.2 Å². The second-order valence-corrected chi connectivity index (χ2v) is 4.99. The van der Waals surface area contributed by atoms with Crippen LogP contribution in [0, 0.1) is 0 Å². The minimum atomic E-state index is -0.193. The van der Waals surface area contributed by atoms with E-state index < -0.39 is 0 Å². The SMILES string of the molecule is COCCCN1C(=O)CC(N)C1c1ccccc1OC. The van der Waals surface area contributed by atoms with E-state index >= 15 is 0 Å². The largest absolute Gasteiger partial charge is 0.496 e. The van der Waals surface area contributed by atoms with Gasteiger partial charge in [0.25, 0.3) is 0 Å². The van der Waals surface area contributed by atoms with Crippen molar-refractivity contribution < 1.29 is 14.3 Å². The molecule has 2 N–H and O–H groups in total. The Morgan fingerprint density at radius 1 is 1.35 bits per heavy atom. The molecule has 1 aliphatic rings. The van der Waals surface area contributed by atoms with Crippen LogP contribution < -0.4 is 10.5 Å². The summed E-state index contributed by atoms with van der Waals surface area (Å²) in [4.78, 5) is 14.0. The number of carbonyl (C=O) groups excluding carboxylic acids is 1. The van der Waals surface area contributed by atoms with Gasteiger partial charge in [-0.05, 0) is 12.5 Å². The molecule has 0 spiro atoms. The number of likely N-dealkylation sites (tertiary alicyclic amines) is 1. The highest BCUT2D eigenvalue weighted by molar-refractivity contribution is 5.80. The molecule has 1 heterocycles. The lowest BCUT2D eigenvalue weighted by Gasteiger charge is -2.28. The maximum absolute atomic E-state index is 12.1. The third-order valence-corrected chi connectivity index (χ3v) is 3.68. The van der Waals surface area contributed by atoms with Crippen LogP contribution in [0.1, 0.15) is 24.4 Å². The average Bonchev–Trinajstić information content (AvgIpc) is 2.73. The fourth-order valence-electron chi connectivity index (χ4n) is 2.77. The second-order valence-electron chi connectivity index (χ2n) is 4.99. The number of hydrogen-bond donors (Lipinski definition) is 1. The summed E-state index contributed by atoms with van der Waals surface area (Å²) in [5.41, 5.74) is 7.15. The number of amides is 1. The van der Waals surface area contributed by atoms with Gasteiger partial charge in [-0.3, -0.25) is 4.79 Å². The number of ether oxygens (including phenoxy) is 2. The first-order valence-corrected chi connectivity index (χ1v) is 6.86. The van der Waals surface area contributed by atoms with Gasteiger partial charge < -0.3 is 20.1 Å². The van der Waals surface area contributed by atoms with E-state index in [1.807, 2.05) is 29.2 Å². The molecule has 1 aromatic rings. The highest BCUT2D eigenvalue weighted by atomic mass is 16.5. The minimum Gasteiger partial charge on any atom is -0.496 e. The third-order valence-electron chi connectivity index (χ3n) is 3.68. The third kappa shape index (κ3) is 2.94. The molecule has 0 aromatic heterocycles.